The van der Waals surface area contributed by atoms with E-state index in [-0.39, 0.29) is 0 Å². The highest BCUT2D eigenvalue weighted by atomic mass is 16.5. The molecular formula is C22H37N5O. The smallest absolute Gasteiger partial charge is 0.193 e. The number of likely N-dealkylation sites (tertiary alicyclic amines) is 1. The first-order valence-electron chi connectivity index (χ1n) is 10.8. The SMILES string of the molecule is CN=C(NCCCCN1CCN(c2ccccc2)CC1)N1CCC(COC)C1. The molecule has 1 N–H and O–H groups in total. The van der Waals surface area contributed by atoms with Gasteiger partial charge in [0.25, 0.3) is 0 Å². The number of unbranched alkanes of at least 4 members (excludes halogenated alkanes) is 1. The molecule has 6 heteroatoms. The Morgan fingerprint density at radius 1 is 1.11 bits per heavy atom. The molecule has 0 bridgehead atoms. The van der Waals surface area contributed by atoms with Crippen molar-refractivity contribution in [2.45, 2.75) is 19.3 Å². The summed E-state index contributed by atoms with van der Waals surface area (Å²) in [5.41, 5.74) is 1.35. The minimum absolute atomic E-state index is 0.637. The third-order valence-corrected chi connectivity index (χ3v) is 5.88. The van der Waals surface area contributed by atoms with Gasteiger partial charge in [0.15, 0.2) is 5.96 Å². The van der Waals surface area contributed by atoms with Crippen LogP contribution in [0.3, 0.4) is 0 Å². The van der Waals surface area contributed by atoms with E-state index in [4.69, 9.17) is 4.74 Å². The van der Waals surface area contributed by atoms with Gasteiger partial charge in [0.1, 0.15) is 0 Å². The van der Waals surface area contributed by atoms with E-state index in [1.165, 1.54) is 44.6 Å². The lowest BCUT2D eigenvalue weighted by Crippen LogP contribution is -2.46. The third kappa shape index (κ3) is 6.11. The number of aliphatic imine (C=N–C) groups is 1. The highest BCUT2D eigenvalue weighted by molar-refractivity contribution is 5.80. The Bertz CT molecular complexity index is 586. The summed E-state index contributed by atoms with van der Waals surface area (Å²) in [6.45, 7) is 9.78. The molecule has 1 atom stereocenters. The minimum atomic E-state index is 0.637. The number of para-hydroxylation sites is 1. The number of methoxy groups -OCH3 is 1. The van der Waals surface area contributed by atoms with E-state index >= 15 is 0 Å². The average molecular weight is 388 g/mol. The number of nitrogens with zero attached hydrogens (tertiary/aromatic N) is 4. The molecule has 2 fully saturated rings. The molecule has 6 nitrogen and oxygen atoms in total. The van der Waals surface area contributed by atoms with Gasteiger partial charge < -0.3 is 19.9 Å². The van der Waals surface area contributed by atoms with Crippen LogP contribution in [0.5, 0.6) is 0 Å². The normalized spacial score (nSPS) is 21.4. The largest absolute Gasteiger partial charge is 0.384 e. The van der Waals surface area contributed by atoms with Crippen LogP contribution in [0.25, 0.3) is 0 Å². The van der Waals surface area contributed by atoms with E-state index in [9.17, 15) is 0 Å². The molecule has 0 amide bonds. The van der Waals surface area contributed by atoms with Gasteiger partial charge in [-0.15, -0.1) is 0 Å². The second-order valence-electron chi connectivity index (χ2n) is 7.90. The Hall–Kier alpha value is -1.79. The summed E-state index contributed by atoms with van der Waals surface area (Å²) in [6, 6.07) is 10.8. The van der Waals surface area contributed by atoms with Crippen molar-refractivity contribution in [2.75, 3.05) is 78.0 Å². The van der Waals surface area contributed by atoms with Crippen molar-refractivity contribution < 1.29 is 4.74 Å². The zero-order chi connectivity index (χ0) is 19.6. The standard InChI is InChI=1S/C22H37N5O/c1-23-22(27-13-10-20(18-27)19-28-2)24-11-6-7-12-25-14-16-26(17-15-25)21-8-4-3-5-9-21/h3-5,8-9,20H,6-7,10-19H2,1-2H3,(H,23,24). The van der Waals surface area contributed by atoms with Gasteiger partial charge in [0, 0.05) is 71.6 Å². The monoisotopic (exact) mass is 387 g/mol. The Morgan fingerprint density at radius 2 is 1.89 bits per heavy atom. The second-order valence-corrected chi connectivity index (χ2v) is 7.90. The van der Waals surface area contributed by atoms with Gasteiger partial charge in [-0.2, -0.15) is 0 Å². The Kier molecular flexibility index (Phi) is 8.42. The first kappa shape index (κ1) is 20.9. The molecule has 1 aromatic rings. The molecular weight excluding hydrogens is 350 g/mol. The lowest BCUT2D eigenvalue weighted by molar-refractivity contribution is 0.157. The summed E-state index contributed by atoms with van der Waals surface area (Å²) in [7, 11) is 3.68. The Labute approximate surface area is 170 Å². The first-order chi connectivity index (χ1) is 13.8. The molecule has 0 radical (unpaired) electrons. The molecule has 0 saturated carbocycles. The topological polar surface area (TPSA) is 43.3 Å². The molecule has 2 aliphatic heterocycles. The fourth-order valence-corrected chi connectivity index (χ4v) is 4.26. The summed E-state index contributed by atoms with van der Waals surface area (Å²) >= 11 is 0. The molecule has 2 saturated heterocycles. The number of guanidine groups is 1. The number of hydrogen-bond acceptors (Lipinski definition) is 4. The van der Waals surface area contributed by atoms with E-state index in [2.05, 4.69) is 55.3 Å². The maximum Gasteiger partial charge on any atom is 0.193 e. The van der Waals surface area contributed by atoms with Crippen molar-refractivity contribution in [3.05, 3.63) is 30.3 Å². The zero-order valence-electron chi connectivity index (χ0n) is 17.6. The van der Waals surface area contributed by atoms with Crippen molar-refractivity contribution in [1.29, 1.82) is 0 Å². The zero-order valence-corrected chi connectivity index (χ0v) is 17.6. The number of ether oxygens (including phenoxy) is 1. The number of benzene rings is 1. The van der Waals surface area contributed by atoms with E-state index in [0.29, 0.717) is 5.92 Å². The summed E-state index contributed by atoms with van der Waals surface area (Å²) in [5.74, 6) is 1.69. The predicted molar refractivity (Wildman–Crippen MR) is 117 cm³/mol. The van der Waals surface area contributed by atoms with Crippen LogP contribution in [0.15, 0.2) is 35.3 Å². The first-order valence-corrected chi connectivity index (χ1v) is 10.8. The molecule has 156 valence electrons. The third-order valence-electron chi connectivity index (χ3n) is 5.88. The minimum Gasteiger partial charge on any atom is -0.384 e. The van der Waals surface area contributed by atoms with Gasteiger partial charge in [0.2, 0.25) is 0 Å². The number of rotatable bonds is 8. The van der Waals surface area contributed by atoms with Gasteiger partial charge in [-0.05, 0) is 37.9 Å². The van der Waals surface area contributed by atoms with Crippen molar-refractivity contribution in [1.82, 2.24) is 15.1 Å². The molecule has 28 heavy (non-hydrogen) atoms. The van der Waals surface area contributed by atoms with Crippen LogP contribution in [0, 0.1) is 5.92 Å². The van der Waals surface area contributed by atoms with Gasteiger partial charge >= 0.3 is 0 Å². The second kappa shape index (κ2) is 11.3. The molecule has 2 aliphatic rings. The number of anilines is 1. The highest BCUT2D eigenvalue weighted by Gasteiger charge is 2.24. The average Bonchev–Trinajstić information content (AvgIpc) is 3.20. The molecule has 1 aromatic carbocycles. The van der Waals surface area contributed by atoms with E-state index in [1.54, 1.807) is 7.11 Å². The Morgan fingerprint density at radius 3 is 2.61 bits per heavy atom. The fourth-order valence-electron chi connectivity index (χ4n) is 4.26. The lowest BCUT2D eigenvalue weighted by Gasteiger charge is -2.36. The summed E-state index contributed by atoms with van der Waals surface area (Å²) in [5, 5.41) is 3.55. The van der Waals surface area contributed by atoms with Gasteiger partial charge in [-0.3, -0.25) is 9.89 Å². The van der Waals surface area contributed by atoms with Crippen molar-refractivity contribution in [3.8, 4) is 0 Å². The number of piperazine rings is 1. The highest BCUT2D eigenvalue weighted by Crippen LogP contribution is 2.17. The van der Waals surface area contributed by atoms with Crippen LogP contribution in [0.2, 0.25) is 0 Å². The maximum absolute atomic E-state index is 5.30. The molecule has 0 aliphatic carbocycles. The molecule has 3 rings (SSSR count). The van der Waals surface area contributed by atoms with Crippen molar-refractivity contribution in [2.24, 2.45) is 10.9 Å². The van der Waals surface area contributed by atoms with Gasteiger partial charge in [0.05, 0.1) is 6.61 Å². The lowest BCUT2D eigenvalue weighted by atomic mass is 10.1. The van der Waals surface area contributed by atoms with E-state index in [0.717, 1.165) is 45.3 Å². The van der Waals surface area contributed by atoms with E-state index < -0.39 is 0 Å². The molecule has 0 spiro atoms. The fraction of sp³-hybridized carbons (Fsp3) is 0.682. The summed E-state index contributed by atoms with van der Waals surface area (Å²) < 4.78 is 5.30. The predicted octanol–water partition coefficient (Wildman–Crippen LogP) is 2.13. The van der Waals surface area contributed by atoms with Crippen molar-refractivity contribution in [3.63, 3.8) is 0 Å². The Balaban J connectivity index is 1.27. The summed E-state index contributed by atoms with van der Waals surface area (Å²) in [4.78, 5) is 11.9. The molecule has 1 unspecified atom stereocenters. The number of hydrogen-bond donors (Lipinski definition) is 1. The molecule has 0 aromatic heterocycles. The quantitative estimate of drug-likeness (QED) is 0.421. The van der Waals surface area contributed by atoms with Crippen LogP contribution in [0.4, 0.5) is 5.69 Å². The summed E-state index contributed by atoms with van der Waals surface area (Å²) in [6.07, 6.45) is 3.62. The van der Waals surface area contributed by atoms with Crippen molar-refractivity contribution >= 4 is 11.6 Å². The van der Waals surface area contributed by atoms with Gasteiger partial charge in [-0.25, -0.2) is 0 Å². The van der Waals surface area contributed by atoms with Crippen LogP contribution in [0.1, 0.15) is 19.3 Å². The van der Waals surface area contributed by atoms with E-state index in [1.807, 2.05) is 7.05 Å². The van der Waals surface area contributed by atoms with Crippen LogP contribution in [-0.2, 0) is 4.74 Å². The number of nitrogens with one attached hydrogen (secondary N) is 1. The maximum atomic E-state index is 5.30. The molecule has 2 heterocycles. The van der Waals surface area contributed by atoms with Gasteiger partial charge in [-0.1, -0.05) is 18.2 Å². The van der Waals surface area contributed by atoms with Crippen LogP contribution in [-0.4, -0.2) is 88.9 Å². The van der Waals surface area contributed by atoms with Crippen LogP contribution < -0.4 is 10.2 Å². The van der Waals surface area contributed by atoms with Crippen LogP contribution >= 0.6 is 0 Å².